The number of urea groups is 1. The van der Waals surface area contributed by atoms with Crippen LogP contribution in [-0.2, 0) is 0 Å². The van der Waals surface area contributed by atoms with Crippen LogP contribution in [0.1, 0.15) is 24.9 Å². The van der Waals surface area contributed by atoms with E-state index in [1.807, 2.05) is 19.1 Å². The highest BCUT2D eigenvalue weighted by molar-refractivity contribution is 5.89. The number of carbonyl (C=O) groups is 1. The summed E-state index contributed by atoms with van der Waals surface area (Å²) in [6.45, 7) is 1.96. The number of amides is 2. The van der Waals surface area contributed by atoms with E-state index in [1.54, 1.807) is 33.5 Å². The van der Waals surface area contributed by atoms with Gasteiger partial charge in [0.15, 0.2) is 11.6 Å². The zero-order chi connectivity index (χ0) is 18.6. The van der Waals surface area contributed by atoms with Crippen molar-refractivity contribution in [3.05, 3.63) is 53.9 Å². The molecule has 2 amide bonds. The molecule has 0 unspecified atom stereocenters. The molecular formula is C18H22F2N4O. The van der Waals surface area contributed by atoms with Gasteiger partial charge in [-0.1, -0.05) is 6.92 Å². The van der Waals surface area contributed by atoms with Crippen molar-refractivity contribution in [3.8, 4) is 0 Å². The van der Waals surface area contributed by atoms with Crippen molar-refractivity contribution in [3.63, 3.8) is 0 Å². The molecule has 1 atom stereocenters. The molecule has 1 N–H and O–H groups in total. The molecule has 0 aliphatic carbocycles. The first kappa shape index (κ1) is 18.6. The predicted molar refractivity (Wildman–Crippen MR) is 94.7 cm³/mol. The van der Waals surface area contributed by atoms with Crippen LogP contribution in [0.15, 0.2) is 36.7 Å². The number of nitrogens with zero attached hydrogens (tertiary/aromatic N) is 3. The number of rotatable bonds is 5. The summed E-state index contributed by atoms with van der Waals surface area (Å²) >= 11 is 0. The number of benzene rings is 1. The van der Waals surface area contributed by atoms with Crippen LogP contribution in [0.4, 0.5) is 25.0 Å². The fourth-order valence-electron chi connectivity index (χ4n) is 2.74. The van der Waals surface area contributed by atoms with E-state index in [0.717, 1.165) is 17.7 Å². The van der Waals surface area contributed by atoms with E-state index in [-0.39, 0.29) is 17.4 Å². The lowest BCUT2D eigenvalue weighted by atomic mass is 10.1. The SMILES string of the molecule is CC[C@H](c1ccncc1)N(C)C(=O)Nc1cc(F)c(N(C)C)c(F)c1. The Morgan fingerprint density at radius 3 is 2.20 bits per heavy atom. The topological polar surface area (TPSA) is 48.5 Å². The third kappa shape index (κ3) is 4.23. The molecule has 0 spiro atoms. The van der Waals surface area contributed by atoms with Crippen LogP contribution in [0, 0.1) is 11.6 Å². The van der Waals surface area contributed by atoms with Crippen LogP contribution < -0.4 is 10.2 Å². The van der Waals surface area contributed by atoms with E-state index in [2.05, 4.69) is 10.3 Å². The normalized spacial score (nSPS) is 11.8. The molecule has 134 valence electrons. The molecule has 0 aliphatic rings. The fraction of sp³-hybridized carbons (Fsp3) is 0.333. The van der Waals surface area contributed by atoms with E-state index in [4.69, 9.17) is 0 Å². The van der Waals surface area contributed by atoms with E-state index in [1.165, 1.54) is 9.80 Å². The highest BCUT2D eigenvalue weighted by Crippen LogP contribution is 2.27. The van der Waals surface area contributed by atoms with Gasteiger partial charge in [0.25, 0.3) is 0 Å². The lowest BCUT2D eigenvalue weighted by molar-refractivity contribution is 0.202. The average molecular weight is 348 g/mol. The Labute approximate surface area is 146 Å². The minimum absolute atomic E-state index is 0.0713. The van der Waals surface area contributed by atoms with Gasteiger partial charge < -0.3 is 15.1 Å². The molecule has 2 rings (SSSR count). The standard InChI is InChI=1S/C18H22F2N4O/c1-5-16(12-6-8-21-9-7-12)24(4)18(25)22-13-10-14(19)17(23(2)3)15(20)11-13/h6-11,16H,5H2,1-4H3,(H,22,25)/t16-/m1/s1. The van der Waals surface area contributed by atoms with Crippen LogP contribution in [0.25, 0.3) is 0 Å². The Balaban J connectivity index is 2.18. The smallest absolute Gasteiger partial charge is 0.322 e. The zero-order valence-electron chi connectivity index (χ0n) is 14.8. The van der Waals surface area contributed by atoms with Crippen LogP contribution in [-0.4, -0.2) is 37.1 Å². The molecular weight excluding hydrogens is 326 g/mol. The molecule has 0 fully saturated rings. The second-order valence-electron chi connectivity index (χ2n) is 5.93. The molecule has 2 aromatic rings. The first-order valence-corrected chi connectivity index (χ1v) is 7.95. The van der Waals surface area contributed by atoms with Crippen molar-refractivity contribution in [2.24, 2.45) is 0 Å². The van der Waals surface area contributed by atoms with Crippen molar-refractivity contribution in [2.45, 2.75) is 19.4 Å². The van der Waals surface area contributed by atoms with E-state index < -0.39 is 17.7 Å². The largest absolute Gasteiger partial charge is 0.373 e. The first-order valence-electron chi connectivity index (χ1n) is 7.95. The maximum Gasteiger partial charge on any atom is 0.322 e. The van der Waals surface area contributed by atoms with E-state index in [0.29, 0.717) is 6.42 Å². The molecule has 0 saturated heterocycles. The molecule has 0 radical (unpaired) electrons. The Morgan fingerprint density at radius 1 is 1.16 bits per heavy atom. The van der Waals surface area contributed by atoms with Gasteiger partial charge in [-0.05, 0) is 36.2 Å². The number of aromatic nitrogens is 1. The third-order valence-electron chi connectivity index (χ3n) is 3.98. The summed E-state index contributed by atoms with van der Waals surface area (Å²) in [5.74, 6) is -1.46. The zero-order valence-corrected chi connectivity index (χ0v) is 14.8. The van der Waals surface area contributed by atoms with Gasteiger partial charge in [-0.3, -0.25) is 4.98 Å². The summed E-state index contributed by atoms with van der Waals surface area (Å²) in [5.41, 5.74) is 0.868. The van der Waals surface area contributed by atoms with Gasteiger partial charge in [0.05, 0.1) is 6.04 Å². The highest BCUT2D eigenvalue weighted by Gasteiger charge is 2.21. The van der Waals surface area contributed by atoms with Gasteiger partial charge in [-0.25, -0.2) is 13.6 Å². The van der Waals surface area contributed by atoms with Gasteiger partial charge in [0.2, 0.25) is 0 Å². The molecule has 1 aromatic heterocycles. The van der Waals surface area contributed by atoms with Crippen molar-refractivity contribution in [2.75, 3.05) is 31.4 Å². The Bertz CT molecular complexity index is 714. The highest BCUT2D eigenvalue weighted by atomic mass is 19.1. The summed E-state index contributed by atoms with van der Waals surface area (Å²) in [7, 11) is 4.74. The number of carbonyl (C=O) groups excluding carboxylic acids is 1. The minimum atomic E-state index is -0.732. The quantitative estimate of drug-likeness (QED) is 0.887. The number of hydrogen-bond acceptors (Lipinski definition) is 3. The van der Waals surface area contributed by atoms with E-state index >= 15 is 0 Å². The number of hydrogen-bond donors (Lipinski definition) is 1. The van der Waals surface area contributed by atoms with Gasteiger partial charge in [-0.15, -0.1) is 0 Å². The number of pyridine rings is 1. The monoisotopic (exact) mass is 348 g/mol. The molecule has 1 heterocycles. The molecule has 0 bridgehead atoms. The van der Waals surface area contributed by atoms with Gasteiger partial charge >= 0.3 is 6.03 Å². The molecule has 7 heteroatoms. The first-order chi connectivity index (χ1) is 11.8. The number of halogens is 2. The lowest BCUT2D eigenvalue weighted by Crippen LogP contribution is -2.34. The Morgan fingerprint density at radius 2 is 1.72 bits per heavy atom. The minimum Gasteiger partial charge on any atom is -0.373 e. The van der Waals surface area contributed by atoms with Gasteiger partial charge in [0, 0.05) is 39.2 Å². The lowest BCUT2D eigenvalue weighted by Gasteiger charge is -2.28. The van der Waals surface area contributed by atoms with Crippen LogP contribution in [0.5, 0.6) is 0 Å². The summed E-state index contributed by atoms with van der Waals surface area (Å²) in [6, 6.07) is 5.28. The van der Waals surface area contributed by atoms with Crippen molar-refractivity contribution < 1.29 is 13.6 Å². The van der Waals surface area contributed by atoms with Crippen LogP contribution in [0.2, 0.25) is 0 Å². The average Bonchev–Trinajstić information content (AvgIpc) is 2.55. The summed E-state index contributed by atoms with van der Waals surface area (Å²) in [6.07, 6.45) is 4.01. The number of nitrogens with one attached hydrogen (secondary N) is 1. The van der Waals surface area contributed by atoms with Crippen LogP contribution >= 0.6 is 0 Å². The molecule has 1 aromatic carbocycles. The molecule has 0 saturated carbocycles. The summed E-state index contributed by atoms with van der Waals surface area (Å²) in [5, 5.41) is 2.55. The predicted octanol–water partition coefficient (Wildman–Crippen LogP) is 4.04. The molecule has 5 nitrogen and oxygen atoms in total. The summed E-state index contributed by atoms with van der Waals surface area (Å²) in [4.78, 5) is 19.3. The second-order valence-corrected chi connectivity index (χ2v) is 5.93. The van der Waals surface area contributed by atoms with Crippen molar-refractivity contribution >= 4 is 17.4 Å². The Kier molecular flexibility index (Phi) is 5.90. The molecule has 25 heavy (non-hydrogen) atoms. The van der Waals surface area contributed by atoms with Crippen molar-refractivity contribution in [1.29, 1.82) is 0 Å². The number of anilines is 2. The van der Waals surface area contributed by atoms with Crippen molar-refractivity contribution in [1.82, 2.24) is 9.88 Å². The van der Waals surface area contributed by atoms with Gasteiger partial charge in [0.1, 0.15) is 5.69 Å². The fourth-order valence-corrected chi connectivity index (χ4v) is 2.74. The third-order valence-corrected chi connectivity index (χ3v) is 3.98. The van der Waals surface area contributed by atoms with E-state index in [9.17, 15) is 13.6 Å². The molecule has 0 aliphatic heterocycles. The maximum atomic E-state index is 14.0. The second kappa shape index (κ2) is 7.92. The maximum absolute atomic E-state index is 14.0. The van der Waals surface area contributed by atoms with Gasteiger partial charge in [-0.2, -0.15) is 0 Å². The summed E-state index contributed by atoms with van der Waals surface area (Å²) < 4.78 is 28.1. The van der Waals surface area contributed by atoms with Crippen LogP contribution in [0.3, 0.4) is 0 Å². The Hall–Kier alpha value is -2.70.